The van der Waals surface area contributed by atoms with Crippen LogP contribution in [0.2, 0.25) is 0 Å². The zero-order valence-electron chi connectivity index (χ0n) is 17.9. The van der Waals surface area contributed by atoms with Gasteiger partial charge in [-0.2, -0.15) is 0 Å². The van der Waals surface area contributed by atoms with Crippen molar-refractivity contribution < 1.29 is 4.79 Å². The number of carbonyl (C=O) groups excluding carboxylic acids is 1. The van der Waals surface area contributed by atoms with Crippen LogP contribution < -0.4 is 15.5 Å². The summed E-state index contributed by atoms with van der Waals surface area (Å²) in [5.74, 6) is 1.32. The van der Waals surface area contributed by atoms with E-state index in [0.717, 1.165) is 59.0 Å². The van der Waals surface area contributed by atoms with Crippen LogP contribution in [0.1, 0.15) is 36.0 Å². The van der Waals surface area contributed by atoms with Crippen LogP contribution in [0.5, 0.6) is 0 Å². The summed E-state index contributed by atoms with van der Waals surface area (Å²) in [7, 11) is 1.99. The lowest BCUT2D eigenvalue weighted by Gasteiger charge is -2.21. The third-order valence-corrected chi connectivity index (χ3v) is 6.06. The van der Waals surface area contributed by atoms with Crippen molar-refractivity contribution in [2.45, 2.75) is 37.8 Å². The van der Waals surface area contributed by atoms with E-state index in [9.17, 15) is 4.79 Å². The normalized spacial score (nSPS) is 15.7. The molecular formula is C25H24N6O. The number of nitrogens with zero attached hydrogens (tertiary/aromatic N) is 4. The van der Waals surface area contributed by atoms with Crippen molar-refractivity contribution in [3.8, 4) is 0 Å². The number of aromatic nitrogens is 3. The lowest BCUT2D eigenvalue weighted by molar-refractivity contribution is 0.0951. The van der Waals surface area contributed by atoms with Crippen molar-refractivity contribution in [1.29, 1.82) is 0 Å². The summed E-state index contributed by atoms with van der Waals surface area (Å²) in [6.07, 6.45) is 6.29. The maximum Gasteiger partial charge on any atom is 0.251 e. The Kier molecular flexibility index (Phi) is 4.41. The standard InChI is InChI=1S/C25H24N6O/c1-31(18-5-3-2-4-6-18)23-22-20(14-26-25(30-22)28-17-10-11-17)19-12-7-15(13-21(19)29-23)24(32)27-16-8-9-16/h2-7,12-14,16-17H,8-11H2,1H3,(H,27,32)(H,26,28,30). The van der Waals surface area contributed by atoms with Gasteiger partial charge in [0.2, 0.25) is 5.95 Å². The molecule has 0 unspecified atom stereocenters. The van der Waals surface area contributed by atoms with Crippen molar-refractivity contribution in [3.05, 3.63) is 60.3 Å². The molecule has 2 fully saturated rings. The minimum absolute atomic E-state index is 0.0468. The van der Waals surface area contributed by atoms with Crippen molar-refractivity contribution >= 4 is 45.2 Å². The highest BCUT2D eigenvalue weighted by Crippen LogP contribution is 2.34. The molecule has 2 heterocycles. The number of anilines is 3. The molecule has 2 aliphatic rings. The van der Waals surface area contributed by atoms with Gasteiger partial charge in [-0.15, -0.1) is 0 Å². The summed E-state index contributed by atoms with van der Waals surface area (Å²) in [6, 6.07) is 16.5. The first kappa shape index (κ1) is 19.0. The summed E-state index contributed by atoms with van der Waals surface area (Å²) in [4.78, 5) is 29.0. The van der Waals surface area contributed by atoms with Crippen LogP contribution in [0.3, 0.4) is 0 Å². The molecular weight excluding hydrogens is 400 g/mol. The predicted molar refractivity (Wildman–Crippen MR) is 126 cm³/mol. The number of carbonyl (C=O) groups is 1. The molecule has 2 N–H and O–H groups in total. The summed E-state index contributed by atoms with van der Waals surface area (Å²) >= 11 is 0. The molecule has 2 aliphatic carbocycles. The number of amides is 1. The number of rotatable bonds is 6. The molecule has 0 atom stereocenters. The molecule has 6 rings (SSSR count). The van der Waals surface area contributed by atoms with Crippen LogP contribution in [-0.4, -0.2) is 40.0 Å². The van der Waals surface area contributed by atoms with E-state index in [0.29, 0.717) is 23.6 Å². The van der Waals surface area contributed by atoms with Crippen molar-refractivity contribution in [1.82, 2.24) is 20.3 Å². The van der Waals surface area contributed by atoms with Crippen LogP contribution in [0, 0.1) is 0 Å². The van der Waals surface area contributed by atoms with E-state index in [2.05, 4.69) is 15.6 Å². The average molecular weight is 425 g/mol. The minimum Gasteiger partial charge on any atom is -0.351 e. The van der Waals surface area contributed by atoms with Crippen LogP contribution >= 0.6 is 0 Å². The average Bonchev–Trinajstić information content (AvgIpc) is 3.76. The van der Waals surface area contributed by atoms with Crippen LogP contribution in [0.15, 0.2) is 54.7 Å². The number of hydrogen-bond acceptors (Lipinski definition) is 6. The number of nitrogens with one attached hydrogen (secondary N) is 2. The smallest absolute Gasteiger partial charge is 0.251 e. The van der Waals surface area contributed by atoms with E-state index in [4.69, 9.17) is 9.97 Å². The fourth-order valence-electron chi connectivity index (χ4n) is 3.89. The first-order valence-corrected chi connectivity index (χ1v) is 11.1. The highest BCUT2D eigenvalue weighted by atomic mass is 16.1. The Morgan fingerprint density at radius 1 is 0.969 bits per heavy atom. The van der Waals surface area contributed by atoms with E-state index in [1.165, 1.54) is 0 Å². The zero-order chi connectivity index (χ0) is 21.7. The highest BCUT2D eigenvalue weighted by molar-refractivity contribution is 6.10. The molecule has 2 saturated carbocycles. The summed E-state index contributed by atoms with van der Waals surface area (Å²) < 4.78 is 0. The van der Waals surface area contributed by atoms with Gasteiger partial charge in [0.25, 0.3) is 5.91 Å². The number of para-hydroxylation sites is 1. The van der Waals surface area contributed by atoms with Gasteiger partial charge >= 0.3 is 0 Å². The second-order valence-corrected chi connectivity index (χ2v) is 8.68. The molecule has 2 aromatic heterocycles. The topological polar surface area (TPSA) is 83.0 Å². The second kappa shape index (κ2) is 7.44. The van der Waals surface area contributed by atoms with Gasteiger partial charge in [0.05, 0.1) is 5.52 Å². The first-order valence-electron chi connectivity index (χ1n) is 11.1. The first-order chi connectivity index (χ1) is 15.7. The fraction of sp³-hybridized carbons (Fsp3) is 0.280. The summed E-state index contributed by atoms with van der Waals surface area (Å²) in [6.45, 7) is 0. The fourth-order valence-corrected chi connectivity index (χ4v) is 3.89. The molecule has 7 heteroatoms. The highest BCUT2D eigenvalue weighted by Gasteiger charge is 2.25. The zero-order valence-corrected chi connectivity index (χ0v) is 17.9. The Morgan fingerprint density at radius 2 is 1.75 bits per heavy atom. The van der Waals surface area contributed by atoms with Gasteiger partial charge in [0.1, 0.15) is 5.52 Å². The molecule has 0 aliphatic heterocycles. The van der Waals surface area contributed by atoms with Crippen LogP contribution in [-0.2, 0) is 0 Å². The lowest BCUT2D eigenvalue weighted by atomic mass is 10.1. The molecule has 1 amide bonds. The number of fused-ring (bicyclic) bond motifs is 3. The van der Waals surface area contributed by atoms with E-state index >= 15 is 0 Å². The monoisotopic (exact) mass is 424 g/mol. The Morgan fingerprint density at radius 3 is 2.50 bits per heavy atom. The van der Waals surface area contributed by atoms with Gasteiger partial charge in [-0.05, 0) is 49.9 Å². The number of pyridine rings is 1. The summed E-state index contributed by atoms with van der Waals surface area (Å²) in [5, 5.41) is 8.30. The van der Waals surface area contributed by atoms with E-state index < -0.39 is 0 Å². The summed E-state index contributed by atoms with van der Waals surface area (Å²) in [5.41, 5.74) is 3.18. The Hall–Kier alpha value is -3.74. The van der Waals surface area contributed by atoms with Crippen LogP contribution in [0.25, 0.3) is 21.8 Å². The van der Waals surface area contributed by atoms with E-state index in [1.807, 2.05) is 66.7 Å². The molecule has 0 spiro atoms. The van der Waals surface area contributed by atoms with Gasteiger partial charge in [-0.25, -0.2) is 15.0 Å². The quantitative estimate of drug-likeness (QED) is 0.446. The Balaban J connectivity index is 1.51. The molecule has 2 aromatic carbocycles. The molecule has 160 valence electrons. The number of hydrogen-bond donors (Lipinski definition) is 2. The van der Waals surface area contributed by atoms with Gasteiger partial charge in [0.15, 0.2) is 5.82 Å². The SMILES string of the molecule is CN(c1ccccc1)c1nc2cc(C(=O)NC3CC3)ccc2c2cnc(NC3CC3)nc12. The van der Waals surface area contributed by atoms with E-state index in [-0.39, 0.29) is 5.91 Å². The van der Waals surface area contributed by atoms with Crippen molar-refractivity contribution in [2.24, 2.45) is 0 Å². The third kappa shape index (κ3) is 3.60. The maximum atomic E-state index is 12.6. The van der Waals surface area contributed by atoms with Crippen LogP contribution in [0.4, 0.5) is 17.5 Å². The second-order valence-electron chi connectivity index (χ2n) is 8.68. The maximum absolute atomic E-state index is 12.6. The van der Waals surface area contributed by atoms with Gasteiger partial charge < -0.3 is 15.5 Å². The van der Waals surface area contributed by atoms with Gasteiger partial charge in [-0.1, -0.05) is 24.3 Å². The minimum atomic E-state index is -0.0468. The molecule has 0 radical (unpaired) electrons. The molecule has 0 bridgehead atoms. The Bertz CT molecular complexity index is 1330. The van der Waals surface area contributed by atoms with Gasteiger partial charge in [-0.3, -0.25) is 4.79 Å². The molecule has 32 heavy (non-hydrogen) atoms. The van der Waals surface area contributed by atoms with Crippen molar-refractivity contribution in [3.63, 3.8) is 0 Å². The lowest BCUT2D eigenvalue weighted by Crippen LogP contribution is -2.25. The third-order valence-electron chi connectivity index (χ3n) is 6.06. The largest absolute Gasteiger partial charge is 0.351 e. The van der Waals surface area contributed by atoms with Gasteiger partial charge in [0, 0.05) is 47.4 Å². The molecule has 4 aromatic rings. The van der Waals surface area contributed by atoms with E-state index in [1.54, 1.807) is 0 Å². The molecule has 7 nitrogen and oxygen atoms in total. The Labute approximate surface area is 185 Å². The predicted octanol–water partition coefficient (Wildman–Crippen LogP) is 4.41. The molecule has 0 saturated heterocycles. The van der Waals surface area contributed by atoms with Crippen molar-refractivity contribution in [2.75, 3.05) is 17.3 Å². The number of benzene rings is 2.